The standard InChI is InChI=1S/C18H24N2O.C2H2O4/c21-18(15-4-2-1-3-5-15)20-10-8-19(9-11-20)17-13-14-6-7-16(17)12-14;3-1(4)2(5)6/h1-5,14,16-17H,6-13H2;(H,3,4)(H,5,6). The number of benzene rings is 1. The van der Waals surface area contributed by atoms with Gasteiger partial charge in [-0.3, -0.25) is 9.69 Å². The van der Waals surface area contributed by atoms with Crippen molar-refractivity contribution in [3.63, 3.8) is 0 Å². The predicted molar refractivity (Wildman–Crippen MR) is 98.4 cm³/mol. The molecule has 27 heavy (non-hydrogen) atoms. The number of hydrogen-bond acceptors (Lipinski definition) is 4. The van der Waals surface area contributed by atoms with Gasteiger partial charge in [0.25, 0.3) is 5.91 Å². The van der Waals surface area contributed by atoms with Gasteiger partial charge in [-0.2, -0.15) is 0 Å². The molecule has 1 aliphatic heterocycles. The van der Waals surface area contributed by atoms with Crippen LogP contribution in [-0.4, -0.2) is 70.1 Å². The SMILES string of the molecule is O=C(O)C(=O)O.O=C(c1ccccc1)N1CCN(C2CC3CCC2C3)CC1. The van der Waals surface area contributed by atoms with Crippen LogP contribution < -0.4 is 0 Å². The third kappa shape index (κ3) is 4.66. The third-order valence-electron chi connectivity index (χ3n) is 5.97. The molecule has 0 aromatic heterocycles. The number of rotatable bonds is 2. The lowest BCUT2D eigenvalue weighted by Gasteiger charge is -2.41. The summed E-state index contributed by atoms with van der Waals surface area (Å²) in [6, 6.07) is 10.5. The summed E-state index contributed by atoms with van der Waals surface area (Å²) in [4.78, 5) is 35.4. The summed E-state index contributed by atoms with van der Waals surface area (Å²) in [5.41, 5.74) is 0.825. The molecule has 7 heteroatoms. The summed E-state index contributed by atoms with van der Waals surface area (Å²) in [6.07, 6.45) is 5.79. The Balaban J connectivity index is 0.000000307. The molecule has 1 aromatic rings. The Bertz CT molecular complexity index is 673. The van der Waals surface area contributed by atoms with E-state index in [0.717, 1.165) is 49.6 Å². The maximum absolute atomic E-state index is 12.5. The monoisotopic (exact) mass is 374 g/mol. The molecule has 2 N–H and O–H groups in total. The Morgan fingerprint density at radius 3 is 1.96 bits per heavy atom. The van der Waals surface area contributed by atoms with Crippen LogP contribution in [0, 0.1) is 11.8 Å². The maximum Gasteiger partial charge on any atom is 0.414 e. The quantitative estimate of drug-likeness (QED) is 0.766. The summed E-state index contributed by atoms with van der Waals surface area (Å²) < 4.78 is 0. The van der Waals surface area contributed by atoms with Crippen LogP contribution in [0.4, 0.5) is 0 Å². The number of piperazine rings is 1. The van der Waals surface area contributed by atoms with Crippen molar-refractivity contribution in [1.82, 2.24) is 9.80 Å². The number of nitrogens with zero attached hydrogens (tertiary/aromatic N) is 2. The van der Waals surface area contributed by atoms with Crippen molar-refractivity contribution in [2.45, 2.75) is 31.7 Å². The summed E-state index contributed by atoms with van der Waals surface area (Å²) in [5.74, 6) is -1.50. The number of hydrogen-bond donors (Lipinski definition) is 2. The van der Waals surface area contributed by atoms with Gasteiger partial charge in [0, 0.05) is 37.8 Å². The summed E-state index contributed by atoms with van der Waals surface area (Å²) in [7, 11) is 0. The number of aliphatic carboxylic acids is 2. The average Bonchev–Trinajstić information content (AvgIpc) is 3.32. The van der Waals surface area contributed by atoms with Gasteiger partial charge in [-0.25, -0.2) is 9.59 Å². The Kier molecular flexibility index (Phi) is 6.11. The lowest BCUT2D eigenvalue weighted by molar-refractivity contribution is -0.159. The lowest BCUT2D eigenvalue weighted by Crippen LogP contribution is -2.53. The molecule has 0 radical (unpaired) electrons. The van der Waals surface area contributed by atoms with Crippen molar-refractivity contribution in [2.75, 3.05) is 26.2 Å². The van der Waals surface area contributed by atoms with E-state index in [1.165, 1.54) is 25.7 Å². The van der Waals surface area contributed by atoms with Gasteiger partial charge in [-0.1, -0.05) is 24.6 Å². The number of amides is 1. The van der Waals surface area contributed by atoms with E-state index in [9.17, 15) is 4.79 Å². The van der Waals surface area contributed by atoms with Gasteiger partial charge in [0.2, 0.25) is 0 Å². The molecular weight excluding hydrogens is 348 g/mol. The molecule has 1 aromatic carbocycles. The number of carbonyl (C=O) groups is 3. The molecular formula is C20H26N2O5. The first-order valence-corrected chi connectivity index (χ1v) is 9.50. The van der Waals surface area contributed by atoms with E-state index in [1.54, 1.807) is 0 Å². The van der Waals surface area contributed by atoms with Crippen LogP contribution in [0.5, 0.6) is 0 Å². The molecule has 3 unspecified atom stereocenters. The Morgan fingerprint density at radius 1 is 0.852 bits per heavy atom. The van der Waals surface area contributed by atoms with E-state index in [0.29, 0.717) is 0 Å². The third-order valence-corrected chi connectivity index (χ3v) is 5.97. The highest BCUT2D eigenvalue weighted by atomic mass is 16.4. The lowest BCUT2D eigenvalue weighted by atomic mass is 9.93. The molecule has 2 aliphatic carbocycles. The van der Waals surface area contributed by atoms with Gasteiger partial charge in [-0.15, -0.1) is 0 Å². The topological polar surface area (TPSA) is 98.1 Å². The molecule has 7 nitrogen and oxygen atoms in total. The fourth-order valence-corrected chi connectivity index (χ4v) is 4.68. The minimum absolute atomic E-state index is 0.197. The van der Waals surface area contributed by atoms with Gasteiger partial charge in [-0.05, 0) is 43.2 Å². The van der Waals surface area contributed by atoms with Crippen molar-refractivity contribution in [1.29, 1.82) is 0 Å². The predicted octanol–water partition coefficient (Wildman–Crippen LogP) is 1.79. The van der Waals surface area contributed by atoms with Gasteiger partial charge in [0.1, 0.15) is 0 Å². The first-order chi connectivity index (χ1) is 13.0. The van der Waals surface area contributed by atoms with E-state index >= 15 is 0 Å². The van der Waals surface area contributed by atoms with Crippen LogP contribution >= 0.6 is 0 Å². The average molecular weight is 374 g/mol. The van der Waals surface area contributed by atoms with Crippen LogP contribution in [0.25, 0.3) is 0 Å². The fraction of sp³-hybridized carbons (Fsp3) is 0.550. The second kappa shape index (κ2) is 8.52. The van der Waals surface area contributed by atoms with E-state index in [2.05, 4.69) is 4.90 Å². The molecule has 3 aliphatic rings. The molecule has 0 spiro atoms. The van der Waals surface area contributed by atoms with E-state index in [-0.39, 0.29) is 5.91 Å². The normalized spacial score (nSPS) is 27.0. The molecule has 1 heterocycles. The highest BCUT2D eigenvalue weighted by Crippen LogP contribution is 2.46. The Labute approximate surface area is 158 Å². The zero-order chi connectivity index (χ0) is 19.4. The van der Waals surface area contributed by atoms with Crippen LogP contribution in [-0.2, 0) is 9.59 Å². The van der Waals surface area contributed by atoms with Gasteiger partial charge >= 0.3 is 11.9 Å². The number of carbonyl (C=O) groups excluding carboxylic acids is 1. The minimum atomic E-state index is -1.82. The molecule has 4 rings (SSSR count). The molecule has 2 bridgehead atoms. The molecule has 1 amide bonds. The largest absolute Gasteiger partial charge is 0.473 e. The molecule has 2 saturated carbocycles. The van der Waals surface area contributed by atoms with Crippen molar-refractivity contribution < 1.29 is 24.6 Å². The summed E-state index contributed by atoms with van der Waals surface area (Å²) in [5, 5.41) is 14.8. The van der Waals surface area contributed by atoms with Crippen molar-refractivity contribution in [3.8, 4) is 0 Å². The highest BCUT2D eigenvalue weighted by Gasteiger charge is 2.42. The van der Waals surface area contributed by atoms with Crippen molar-refractivity contribution in [3.05, 3.63) is 35.9 Å². The second-order valence-electron chi connectivity index (χ2n) is 7.55. The van der Waals surface area contributed by atoms with E-state index in [4.69, 9.17) is 19.8 Å². The van der Waals surface area contributed by atoms with Gasteiger partial charge < -0.3 is 15.1 Å². The van der Waals surface area contributed by atoms with Gasteiger partial charge in [0.15, 0.2) is 0 Å². The number of carboxylic acid groups (broad SMARTS) is 2. The van der Waals surface area contributed by atoms with Crippen LogP contribution in [0.2, 0.25) is 0 Å². The zero-order valence-corrected chi connectivity index (χ0v) is 15.3. The second-order valence-corrected chi connectivity index (χ2v) is 7.55. The Morgan fingerprint density at radius 2 is 1.48 bits per heavy atom. The molecule has 146 valence electrons. The number of carboxylic acids is 2. The summed E-state index contributed by atoms with van der Waals surface area (Å²) >= 11 is 0. The number of fused-ring (bicyclic) bond motifs is 2. The zero-order valence-electron chi connectivity index (χ0n) is 15.3. The van der Waals surface area contributed by atoms with E-state index < -0.39 is 11.9 Å². The van der Waals surface area contributed by atoms with Crippen molar-refractivity contribution >= 4 is 17.8 Å². The van der Waals surface area contributed by atoms with Crippen molar-refractivity contribution in [2.24, 2.45) is 11.8 Å². The van der Waals surface area contributed by atoms with E-state index in [1.807, 2.05) is 35.2 Å². The summed E-state index contributed by atoms with van der Waals surface area (Å²) in [6.45, 7) is 3.90. The first kappa shape index (κ1) is 19.4. The maximum atomic E-state index is 12.5. The molecule has 3 fully saturated rings. The minimum Gasteiger partial charge on any atom is -0.473 e. The smallest absolute Gasteiger partial charge is 0.414 e. The van der Waals surface area contributed by atoms with Crippen LogP contribution in [0.3, 0.4) is 0 Å². The molecule has 1 saturated heterocycles. The van der Waals surface area contributed by atoms with Crippen LogP contribution in [0.15, 0.2) is 30.3 Å². The first-order valence-electron chi connectivity index (χ1n) is 9.50. The van der Waals surface area contributed by atoms with Gasteiger partial charge in [0.05, 0.1) is 0 Å². The van der Waals surface area contributed by atoms with Crippen LogP contribution in [0.1, 0.15) is 36.0 Å². The Hall–Kier alpha value is -2.41. The molecule has 3 atom stereocenters. The highest BCUT2D eigenvalue weighted by molar-refractivity contribution is 6.27. The fourth-order valence-electron chi connectivity index (χ4n) is 4.68.